The second kappa shape index (κ2) is 9.09. The van der Waals surface area contributed by atoms with Crippen LogP contribution >= 0.6 is 22.9 Å². The number of benzene rings is 2. The number of aromatic hydroxyl groups is 1. The van der Waals surface area contributed by atoms with E-state index in [1.54, 1.807) is 18.2 Å². The number of phenolic OH excluding ortho intramolecular Hbond substituents is 1. The minimum Gasteiger partial charge on any atom is -0.507 e. The van der Waals surface area contributed by atoms with Gasteiger partial charge in [0.15, 0.2) is 5.06 Å². The Kier molecular flexibility index (Phi) is 6.27. The summed E-state index contributed by atoms with van der Waals surface area (Å²) in [6.45, 7) is 1.12. The van der Waals surface area contributed by atoms with Gasteiger partial charge in [-0.1, -0.05) is 41.9 Å². The van der Waals surface area contributed by atoms with Gasteiger partial charge in [-0.3, -0.25) is 4.90 Å². The number of nitrogens with zero attached hydrogens (tertiary/aromatic N) is 1. The predicted octanol–water partition coefficient (Wildman–Crippen LogP) is 4.60. The minimum absolute atomic E-state index is 0.111. The maximum absolute atomic E-state index is 12.6. The first-order chi connectivity index (χ1) is 15.0. The first-order valence-electron chi connectivity index (χ1n) is 9.66. The quantitative estimate of drug-likeness (QED) is 0.564. The van der Waals surface area contributed by atoms with Crippen molar-refractivity contribution in [3.05, 3.63) is 81.2 Å². The van der Waals surface area contributed by atoms with Gasteiger partial charge in [0.2, 0.25) is 0 Å². The van der Waals surface area contributed by atoms with Gasteiger partial charge in [-0.05, 0) is 41.8 Å². The zero-order valence-electron chi connectivity index (χ0n) is 16.7. The zero-order chi connectivity index (χ0) is 22.0. The largest absolute Gasteiger partial charge is 0.507 e. The normalized spacial score (nSPS) is 14.5. The van der Waals surface area contributed by atoms with E-state index in [9.17, 15) is 14.7 Å². The minimum atomic E-state index is -0.626. The predicted molar refractivity (Wildman–Crippen MR) is 118 cm³/mol. The molecule has 1 aromatic heterocycles. The van der Waals surface area contributed by atoms with E-state index in [4.69, 9.17) is 21.1 Å². The van der Waals surface area contributed by atoms with E-state index in [2.05, 4.69) is 0 Å². The Morgan fingerprint density at radius 2 is 1.90 bits per heavy atom. The number of carbonyl (C=O) groups is 2. The molecule has 8 heteroatoms. The molecule has 6 nitrogen and oxygen atoms in total. The van der Waals surface area contributed by atoms with Crippen LogP contribution in [-0.4, -0.2) is 35.6 Å². The third-order valence-corrected chi connectivity index (χ3v) is 6.64. The summed E-state index contributed by atoms with van der Waals surface area (Å²) in [6, 6.07) is 14.7. The van der Waals surface area contributed by atoms with E-state index in [1.165, 1.54) is 30.6 Å². The first kappa shape index (κ1) is 21.4. The van der Waals surface area contributed by atoms with Gasteiger partial charge in [0.1, 0.15) is 17.4 Å². The number of thiophene rings is 1. The van der Waals surface area contributed by atoms with Crippen LogP contribution in [0, 0.1) is 0 Å². The summed E-state index contributed by atoms with van der Waals surface area (Å²) >= 11 is 7.76. The maximum Gasteiger partial charge on any atom is 0.348 e. The molecule has 160 valence electrons. The average Bonchev–Trinajstić information content (AvgIpc) is 3.16. The van der Waals surface area contributed by atoms with Gasteiger partial charge in [-0.15, -0.1) is 11.3 Å². The van der Waals surface area contributed by atoms with Crippen molar-refractivity contribution in [1.82, 2.24) is 4.90 Å². The van der Waals surface area contributed by atoms with Crippen molar-refractivity contribution in [1.29, 1.82) is 0 Å². The number of ether oxygens (including phenoxy) is 2. The molecule has 2 heterocycles. The highest BCUT2D eigenvalue weighted by Gasteiger charge is 2.33. The second-order valence-corrected chi connectivity index (χ2v) is 8.59. The van der Waals surface area contributed by atoms with Gasteiger partial charge in [-0.25, -0.2) is 9.59 Å². The van der Waals surface area contributed by atoms with E-state index < -0.39 is 12.0 Å². The lowest BCUT2D eigenvalue weighted by molar-refractivity contribution is -0.147. The standard InChI is InChI=1S/C23H20ClNO5S/c1-29-23(28)21(15-6-2-4-8-17(15)24)25-11-10-19-14(13-25)12-20(31-19)30-22(27)16-7-3-5-9-18(16)26/h2-9,12,21,26H,10-11,13H2,1H3/t21-/m0/s1. The summed E-state index contributed by atoms with van der Waals surface area (Å²) in [4.78, 5) is 28.1. The number of rotatable bonds is 5. The van der Waals surface area contributed by atoms with Crippen molar-refractivity contribution in [2.75, 3.05) is 13.7 Å². The number of para-hydroxylation sites is 1. The fourth-order valence-corrected chi connectivity index (χ4v) is 4.92. The van der Waals surface area contributed by atoms with Crippen LogP contribution in [-0.2, 0) is 22.5 Å². The van der Waals surface area contributed by atoms with Crippen LogP contribution in [0.2, 0.25) is 5.02 Å². The summed E-state index contributed by atoms with van der Waals surface area (Å²) < 4.78 is 10.5. The van der Waals surface area contributed by atoms with Crippen LogP contribution in [0.5, 0.6) is 10.8 Å². The van der Waals surface area contributed by atoms with Crippen molar-refractivity contribution in [3.8, 4) is 10.8 Å². The number of carbonyl (C=O) groups excluding carboxylic acids is 2. The highest BCUT2D eigenvalue weighted by atomic mass is 35.5. The van der Waals surface area contributed by atoms with Crippen molar-refractivity contribution < 1.29 is 24.2 Å². The molecule has 0 radical (unpaired) electrons. The fourth-order valence-electron chi connectivity index (χ4n) is 3.67. The van der Waals surface area contributed by atoms with Crippen molar-refractivity contribution in [2.24, 2.45) is 0 Å². The summed E-state index contributed by atoms with van der Waals surface area (Å²) in [5.41, 5.74) is 1.79. The molecule has 0 saturated heterocycles. The zero-order valence-corrected chi connectivity index (χ0v) is 18.3. The maximum atomic E-state index is 12.6. The molecule has 0 unspecified atom stereocenters. The third-order valence-electron chi connectivity index (χ3n) is 5.18. The summed E-state index contributed by atoms with van der Waals surface area (Å²) in [5.74, 6) is -1.12. The first-order valence-corrected chi connectivity index (χ1v) is 10.9. The Bertz CT molecular complexity index is 1130. The van der Waals surface area contributed by atoms with Crippen molar-refractivity contribution in [2.45, 2.75) is 19.0 Å². The van der Waals surface area contributed by atoms with E-state index >= 15 is 0 Å². The highest BCUT2D eigenvalue weighted by Crippen LogP contribution is 2.38. The third kappa shape index (κ3) is 4.44. The molecular formula is C23H20ClNO5S. The van der Waals surface area contributed by atoms with Crippen LogP contribution < -0.4 is 4.74 Å². The fraction of sp³-hybridized carbons (Fsp3) is 0.217. The molecule has 0 fully saturated rings. The molecule has 1 aliphatic rings. The van der Waals surface area contributed by atoms with Crippen LogP contribution in [0.4, 0.5) is 0 Å². The average molecular weight is 458 g/mol. The molecule has 0 aliphatic carbocycles. The Balaban J connectivity index is 1.55. The molecule has 3 aromatic rings. The molecule has 0 spiro atoms. The molecule has 0 bridgehead atoms. The Labute approximate surface area is 188 Å². The lowest BCUT2D eigenvalue weighted by atomic mass is 10.0. The number of hydrogen-bond acceptors (Lipinski definition) is 7. The number of hydrogen-bond donors (Lipinski definition) is 1. The lowest BCUT2D eigenvalue weighted by Crippen LogP contribution is -2.38. The van der Waals surface area contributed by atoms with E-state index in [1.807, 2.05) is 29.2 Å². The Hall–Kier alpha value is -2.87. The molecule has 4 rings (SSSR count). The van der Waals surface area contributed by atoms with Crippen molar-refractivity contribution in [3.63, 3.8) is 0 Å². The van der Waals surface area contributed by atoms with Crippen LogP contribution in [0.15, 0.2) is 54.6 Å². The Morgan fingerprint density at radius 3 is 2.65 bits per heavy atom. The monoisotopic (exact) mass is 457 g/mol. The molecule has 31 heavy (non-hydrogen) atoms. The smallest absolute Gasteiger partial charge is 0.348 e. The molecule has 1 N–H and O–H groups in total. The molecule has 1 aliphatic heterocycles. The van der Waals surface area contributed by atoms with Gasteiger partial charge in [0.05, 0.1) is 7.11 Å². The number of halogens is 1. The lowest BCUT2D eigenvalue weighted by Gasteiger charge is -2.33. The van der Waals surface area contributed by atoms with Gasteiger partial charge in [-0.2, -0.15) is 0 Å². The number of phenols is 1. The molecule has 1 atom stereocenters. The highest BCUT2D eigenvalue weighted by molar-refractivity contribution is 7.14. The van der Waals surface area contributed by atoms with Gasteiger partial charge < -0.3 is 14.6 Å². The van der Waals surface area contributed by atoms with Gasteiger partial charge >= 0.3 is 11.9 Å². The summed E-state index contributed by atoms with van der Waals surface area (Å²) in [5, 5.41) is 10.8. The van der Waals surface area contributed by atoms with E-state index in [-0.39, 0.29) is 17.3 Å². The molecule has 2 aromatic carbocycles. The number of methoxy groups -OCH3 is 1. The second-order valence-electron chi connectivity index (χ2n) is 7.09. The van der Waals surface area contributed by atoms with E-state index in [0.717, 1.165) is 10.4 Å². The molecule has 0 amide bonds. The van der Waals surface area contributed by atoms with Crippen LogP contribution in [0.25, 0.3) is 0 Å². The van der Waals surface area contributed by atoms with Gasteiger partial charge in [0.25, 0.3) is 0 Å². The summed E-state index contributed by atoms with van der Waals surface area (Å²) in [6.07, 6.45) is 0.700. The topological polar surface area (TPSA) is 76.1 Å². The number of esters is 2. The number of fused-ring (bicyclic) bond motifs is 1. The van der Waals surface area contributed by atoms with Gasteiger partial charge in [0, 0.05) is 23.0 Å². The van der Waals surface area contributed by atoms with Crippen molar-refractivity contribution >= 4 is 34.9 Å². The Morgan fingerprint density at radius 1 is 1.16 bits per heavy atom. The van der Waals surface area contributed by atoms with Crippen LogP contribution in [0.1, 0.15) is 32.4 Å². The SMILES string of the molecule is COC(=O)[C@H](c1ccccc1Cl)N1CCc2sc(OC(=O)c3ccccc3O)cc2C1. The van der Waals surface area contributed by atoms with E-state index in [0.29, 0.717) is 35.2 Å². The molecular weight excluding hydrogens is 438 g/mol. The molecule has 0 saturated carbocycles. The van der Waals surface area contributed by atoms with Crippen LogP contribution in [0.3, 0.4) is 0 Å². The summed E-state index contributed by atoms with van der Waals surface area (Å²) in [7, 11) is 1.36.